The van der Waals surface area contributed by atoms with Crippen LogP contribution in [0.4, 0.5) is 0 Å². The first-order valence-corrected chi connectivity index (χ1v) is 5.43. The van der Waals surface area contributed by atoms with Gasteiger partial charge in [-0.25, -0.2) is 0 Å². The zero-order valence-corrected chi connectivity index (χ0v) is 10.7. The van der Waals surface area contributed by atoms with Crippen molar-refractivity contribution in [2.75, 3.05) is 20.8 Å². The highest BCUT2D eigenvalue weighted by Crippen LogP contribution is 2.34. The van der Waals surface area contributed by atoms with Gasteiger partial charge in [0.15, 0.2) is 11.5 Å². The quantitative estimate of drug-likeness (QED) is 0.473. The SMILES string of the molecule is COc1cc(Br)cc(CCN=[N+]=[N-])c1OC. The largest absolute Gasteiger partial charge is 0.493 e. The van der Waals surface area contributed by atoms with Crippen molar-refractivity contribution in [2.45, 2.75) is 6.42 Å². The third-order valence-electron chi connectivity index (χ3n) is 2.06. The molecule has 0 spiro atoms. The highest BCUT2D eigenvalue weighted by Gasteiger charge is 2.10. The van der Waals surface area contributed by atoms with Gasteiger partial charge in [0.1, 0.15) is 0 Å². The number of methoxy groups -OCH3 is 2. The van der Waals surface area contributed by atoms with Gasteiger partial charge in [0.2, 0.25) is 0 Å². The lowest BCUT2D eigenvalue weighted by Crippen LogP contribution is -1.98. The van der Waals surface area contributed by atoms with E-state index in [1.165, 1.54) is 0 Å². The van der Waals surface area contributed by atoms with Gasteiger partial charge in [0.25, 0.3) is 0 Å². The second-order valence-electron chi connectivity index (χ2n) is 3.00. The number of halogens is 1. The molecular formula is C10H12BrN3O2. The minimum absolute atomic E-state index is 0.395. The van der Waals surface area contributed by atoms with Crippen molar-refractivity contribution >= 4 is 15.9 Å². The van der Waals surface area contributed by atoms with Crippen LogP contribution in [-0.4, -0.2) is 20.8 Å². The normalized spacial score (nSPS) is 9.44. The number of azide groups is 1. The fourth-order valence-corrected chi connectivity index (χ4v) is 1.89. The Morgan fingerprint density at radius 1 is 1.38 bits per heavy atom. The maximum absolute atomic E-state index is 8.22. The molecule has 1 aromatic carbocycles. The number of hydrogen-bond donors (Lipinski definition) is 0. The highest BCUT2D eigenvalue weighted by molar-refractivity contribution is 9.10. The van der Waals surface area contributed by atoms with Crippen molar-refractivity contribution < 1.29 is 9.47 Å². The predicted molar refractivity (Wildman–Crippen MR) is 65.0 cm³/mol. The zero-order chi connectivity index (χ0) is 12.0. The van der Waals surface area contributed by atoms with E-state index in [2.05, 4.69) is 26.0 Å². The van der Waals surface area contributed by atoms with Gasteiger partial charge in [-0.3, -0.25) is 0 Å². The Morgan fingerprint density at radius 2 is 2.12 bits per heavy atom. The standard InChI is InChI=1S/C10H12BrN3O2/c1-15-9-6-8(11)5-7(10(9)16-2)3-4-13-14-12/h5-6H,3-4H2,1-2H3. The molecule has 0 saturated heterocycles. The first kappa shape index (κ1) is 12.7. The minimum Gasteiger partial charge on any atom is -0.493 e. The third-order valence-corrected chi connectivity index (χ3v) is 2.52. The van der Waals surface area contributed by atoms with E-state index >= 15 is 0 Å². The molecule has 0 N–H and O–H groups in total. The fourth-order valence-electron chi connectivity index (χ4n) is 1.41. The molecule has 0 amide bonds. The smallest absolute Gasteiger partial charge is 0.163 e. The predicted octanol–water partition coefficient (Wildman–Crippen LogP) is 3.32. The van der Waals surface area contributed by atoms with Crippen LogP contribution in [0.15, 0.2) is 21.7 Å². The van der Waals surface area contributed by atoms with Crippen LogP contribution < -0.4 is 9.47 Å². The molecule has 0 aliphatic rings. The Balaban J connectivity index is 3.04. The summed E-state index contributed by atoms with van der Waals surface area (Å²) in [5.74, 6) is 1.34. The van der Waals surface area contributed by atoms with Gasteiger partial charge >= 0.3 is 0 Å². The van der Waals surface area contributed by atoms with Gasteiger partial charge in [-0.2, -0.15) is 0 Å². The molecule has 0 radical (unpaired) electrons. The molecule has 0 fully saturated rings. The van der Waals surface area contributed by atoms with Crippen molar-refractivity contribution in [2.24, 2.45) is 5.11 Å². The van der Waals surface area contributed by atoms with Gasteiger partial charge in [0.05, 0.1) is 14.2 Å². The first-order valence-electron chi connectivity index (χ1n) is 4.64. The monoisotopic (exact) mass is 285 g/mol. The fraction of sp³-hybridized carbons (Fsp3) is 0.400. The van der Waals surface area contributed by atoms with E-state index in [1.807, 2.05) is 12.1 Å². The molecule has 0 aliphatic carbocycles. The molecule has 5 nitrogen and oxygen atoms in total. The molecule has 0 aliphatic heterocycles. The van der Waals surface area contributed by atoms with Crippen molar-refractivity contribution in [3.8, 4) is 11.5 Å². The lowest BCUT2D eigenvalue weighted by atomic mass is 10.1. The van der Waals surface area contributed by atoms with Crippen molar-refractivity contribution in [3.63, 3.8) is 0 Å². The lowest BCUT2D eigenvalue weighted by molar-refractivity contribution is 0.351. The van der Waals surface area contributed by atoms with E-state index in [0.717, 1.165) is 10.0 Å². The number of benzene rings is 1. The van der Waals surface area contributed by atoms with Crippen molar-refractivity contribution in [1.29, 1.82) is 0 Å². The third kappa shape index (κ3) is 3.05. The Kier molecular flexibility index (Phi) is 4.95. The maximum atomic E-state index is 8.22. The Labute approximate surface area is 102 Å². The summed E-state index contributed by atoms with van der Waals surface area (Å²) in [6.07, 6.45) is 0.614. The molecule has 0 bridgehead atoms. The molecule has 1 rings (SSSR count). The van der Waals surface area contributed by atoms with E-state index in [1.54, 1.807) is 14.2 Å². The molecular weight excluding hydrogens is 274 g/mol. The lowest BCUT2D eigenvalue weighted by Gasteiger charge is -2.12. The summed E-state index contributed by atoms with van der Waals surface area (Å²) in [4.78, 5) is 2.71. The molecule has 0 unspecified atom stereocenters. The van der Waals surface area contributed by atoms with Crippen LogP contribution in [0.5, 0.6) is 11.5 Å². The van der Waals surface area contributed by atoms with E-state index in [0.29, 0.717) is 24.5 Å². The summed E-state index contributed by atoms with van der Waals surface area (Å²) >= 11 is 3.39. The van der Waals surface area contributed by atoms with Crippen LogP contribution in [0.2, 0.25) is 0 Å². The number of rotatable bonds is 5. The zero-order valence-electron chi connectivity index (χ0n) is 9.11. The summed E-state index contributed by atoms with van der Waals surface area (Å²) in [5.41, 5.74) is 9.16. The summed E-state index contributed by atoms with van der Waals surface area (Å²) in [5, 5.41) is 3.50. The van der Waals surface area contributed by atoms with Crippen LogP contribution in [0.1, 0.15) is 5.56 Å². The first-order chi connectivity index (χ1) is 7.72. The molecule has 1 aromatic rings. The maximum Gasteiger partial charge on any atom is 0.163 e. The van der Waals surface area contributed by atoms with Gasteiger partial charge in [-0.15, -0.1) is 0 Å². The van der Waals surface area contributed by atoms with Crippen LogP contribution >= 0.6 is 15.9 Å². The van der Waals surface area contributed by atoms with E-state index in [4.69, 9.17) is 15.0 Å². The second-order valence-corrected chi connectivity index (χ2v) is 3.92. The Bertz CT molecular complexity index is 417. The molecule has 16 heavy (non-hydrogen) atoms. The van der Waals surface area contributed by atoms with Gasteiger partial charge in [-0.1, -0.05) is 21.0 Å². The van der Waals surface area contributed by atoms with E-state index < -0.39 is 0 Å². The Morgan fingerprint density at radius 3 is 2.69 bits per heavy atom. The topological polar surface area (TPSA) is 67.2 Å². The summed E-state index contributed by atoms with van der Waals surface area (Å²) in [6, 6.07) is 3.75. The minimum atomic E-state index is 0.395. The summed E-state index contributed by atoms with van der Waals surface area (Å²) in [7, 11) is 3.17. The van der Waals surface area contributed by atoms with Gasteiger partial charge < -0.3 is 9.47 Å². The molecule has 0 atom stereocenters. The van der Waals surface area contributed by atoms with E-state index in [-0.39, 0.29) is 0 Å². The Hall–Kier alpha value is -1.39. The second kappa shape index (κ2) is 6.25. The summed E-state index contributed by atoms with van der Waals surface area (Å²) in [6.45, 7) is 0.395. The molecule has 0 heterocycles. The summed E-state index contributed by atoms with van der Waals surface area (Å²) < 4.78 is 11.4. The van der Waals surface area contributed by atoms with Crippen LogP contribution in [0.25, 0.3) is 10.4 Å². The van der Waals surface area contributed by atoms with Crippen molar-refractivity contribution in [1.82, 2.24) is 0 Å². The highest BCUT2D eigenvalue weighted by atomic mass is 79.9. The number of ether oxygens (including phenoxy) is 2. The number of nitrogens with zero attached hydrogens (tertiary/aromatic N) is 3. The molecule has 86 valence electrons. The van der Waals surface area contributed by atoms with Gasteiger partial charge in [-0.05, 0) is 29.6 Å². The van der Waals surface area contributed by atoms with Crippen LogP contribution in [0.3, 0.4) is 0 Å². The molecule has 0 aromatic heterocycles. The number of hydrogen-bond acceptors (Lipinski definition) is 3. The van der Waals surface area contributed by atoms with Gasteiger partial charge in [0, 0.05) is 15.9 Å². The van der Waals surface area contributed by atoms with Crippen LogP contribution in [-0.2, 0) is 6.42 Å². The molecule has 0 saturated carbocycles. The van der Waals surface area contributed by atoms with E-state index in [9.17, 15) is 0 Å². The molecule has 6 heteroatoms. The average molecular weight is 286 g/mol. The van der Waals surface area contributed by atoms with Crippen LogP contribution in [0, 0.1) is 0 Å². The van der Waals surface area contributed by atoms with Crippen molar-refractivity contribution in [3.05, 3.63) is 32.6 Å². The average Bonchev–Trinajstić information content (AvgIpc) is 2.28.